The fourth-order valence-corrected chi connectivity index (χ4v) is 5.61. The zero-order chi connectivity index (χ0) is 26.2. The maximum absolute atomic E-state index is 14.8. The lowest BCUT2D eigenvalue weighted by Crippen LogP contribution is -2.28. The van der Waals surface area contributed by atoms with E-state index in [0.29, 0.717) is 29.5 Å². The van der Waals surface area contributed by atoms with Gasteiger partial charge in [-0.3, -0.25) is 9.59 Å². The molecule has 35 heavy (non-hydrogen) atoms. The predicted molar refractivity (Wildman–Crippen MR) is 142 cm³/mol. The molecule has 2 atom stereocenters. The van der Waals surface area contributed by atoms with Gasteiger partial charge in [0.05, 0.1) is 16.6 Å². The molecule has 0 unspecified atom stereocenters. The van der Waals surface area contributed by atoms with Crippen LogP contribution >= 0.6 is 0 Å². The minimum absolute atomic E-state index is 0.0211. The van der Waals surface area contributed by atoms with Crippen LogP contribution in [0, 0.1) is 18.2 Å². The van der Waals surface area contributed by atoms with Gasteiger partial charge in [0.15, 0.2) is 5.78 Å². The second-order valence-corrected chi connectivity index (χ2v) is 10.1. The number of nitrogens with two attached hydrogens (primary N) is 1. The second kappa shape index (κ2) is 10.1. The molecule has 0 amide bonds. The topological polar surface area (TPSA) is 73.1 Å². The summed E-state index contributed by atoms with van der Waals surface area (Å²) in [4.78, 5) is 30.4. The quantitative estimate of drug-likeness (QED) is 0.331. The number of rotatable bonds is 8. The van der Waals surface area contributed by atoms with Crippen LogP contribution in [0.25, 0.3) is 16.5 Å². The van der Waals surface area contributed by atoms with Crippen molar-refractivity contribution in [2.75, 3.05) is 0 Å². The molecule has 1 heterocycles. The summed E-state index contributed by atoms with van der Waals surface area (Å²) < 4.78 is 14.8. The van der Waals surface area contributed by atoms with Crippen LogP contribution in [0.2, 0.25) is 0 Å². The van der Waals surface area contributed by atoms with Crippen LogP contribution in [-0.4, -0.2) is 16.6 Å². The SMILES string of the molecule is CC/C(C(C)=O)=C(/C=C(\C)c1nc2cc(F)c(C)c3c2c(c1CC)[C@@H](N)CC3)[C@@](C)(CC)C(C)=O. The van der Waals surface area contributed by atoms with Crippen molar-refractivity contribution in [2.45, 2.75) is 93.5 Å². The molecule has 1 aromatic heterocycles. The van der Waals surface area contributed by atoms with Gasteiger partial charge in [0, 0.05) is 17.5 Å². The van der Waals surface area contributed by atoms with Gasteiger partial charge in [-0.05, 0) is 106 Å². The normalized spacial score (nSPS) is 18.3. The highest BCUT2D eigenvalue weighted by Gasteiger charge is 2.34. The van der Waals surface area contributed by atoms with E-state index in [-0.39, 0.29) is 23.4 Å². The average molecular weight is 479 g/mol. The van der Waals surface area contributed by atoms with Crippen LogP contribution in [0.1, 0.15) is 102 Å². The molecule has 0 saturated carbocycles. The Morgan fingerprint density at radius 2 is 1.89 bits per heavy atom. The zero-order valence-electron chi connectivity index (χ0n) is 22.5. The van der Waals surface area contributed by atoms with Crippen LogP contribution < -0.4 is 5.73 Å². The molecule has 0 saturated heterocycles. The molecule has 1 aromatic carbocycles. The van der Waals surface area contributed by atoms with E-state index in [1.807, 2.05) is 40.7 Å². The van der Waals surface area contributed by atoms with Gasteiger partial charge >= 0.3 is 0 Å². The smallest absolute Gasteiger partial charge is 0.156 e. The number of Topliss-reactive ketones (excluding diaryl/α,β-unsaturated/α-hetero) is 2. The molecule has 0 bridgehead atoms. The number of allylic oxidation sites excluding steroid dienone is 4. The summed E-state index contributed by atoms with van der Waals surface area (Å²) in [5.41, 5.74) is 13.3. The third kappa shape index (κ3) is 4.51. The second-order valence-electron chi connectivity index (χ2n) is 10.1. The first kappa shape index (κ1) is 26.9. The molecule has 0 spiro atoms. The van der Waals surface area contributed by atoms with E-state index in [1.54, 1.807) is 13.8 Å². The summed E-state index contributed by atoms with van der Waals surface area (Å²) in [5.74, 6) is -0.263. The van der Waals surface area contributed by atoms with Crippen molar-refractivity contribution in [2.24, 2.45) is 11.1 Å². The number of ketones is 2. The molecular weight excluding hydrogens is 439 g/mol. The van der Waals surface area contributed by atoms with Gasteiger partial charge in [-0.15, -0.1) is 0 Å². The summed E-state index contributed by atoms with van der Waals surface area (Å²) in [6.45, 7) is 14.8. The average Bonchev–Trinajstić information content (AvgIpc) is 2.81. The van der Waals surface area contributed by atoms with E-state index < -0.39 is 5.41 Å². The number of hydrogen-bond donors (Lipinski definition) is 1. The Labute approximate surface area is 208 Å². The van der Waals surface area contributed by atoms with Gasteiger partial charge in [0.1, 0.15) is 11.6 Å². The molecule has 2 N–H and O–H groups in total. The van der Waals surface area contributed by atoms with E-state index in [1.165, 1.54) is 6.07 Å². The molecule has 0 fully saturated rings. The number of nitrogens with zero attached hydrogens (tertiary/aromatic N) is 1. The lowest BCUT2D eigenvalue weighted by atomic mass is 9.72. The maximum atomic E-state index is 14.8. The number of carbonyl (C=O) groups is 2. The fourth-order valence-electron chi connectivity index (χ4n) is 5.61. The highest BCUT2D eigenvalue weighted by atomic mass is 19.1. The van der Waals surface area contributed by atoms with Gasteiger partial charge in [0.2, 0.25) is 0 Å². The molecule has 1 aliphatic rings. The summed E-state index contributed by atoms with van der Waals surface area (Å²) in [5, 5.41) is 0.993. The zero-order valence-corrected chi connectivity index (χ0v) is 22.5. The van der Waals surface area contributed by atoms with E-state index >= 15 is 0 Å². The molecule has 1 aliphatic carbocycles. The Morgan fingerprint density at radius 3 is 2.40 bits per heavy atom. The standard InChI is InChI=1S/C30H39FN2O2/c1-9-20(18(6)34)23(30(8,11-3)19(7)35)14-16(4)29-21(10-2)27-25(32)13-12-22-17(5)24(31)15-26(33-29)28(22)27/h14-15,25H,9-13,32H2,1-8H3/b16-14+,23-20+/t25-,30-/m0/s1. The Balaban J connectivity index is 2.42. The highest BCUT2D eigenvalue weighted by Crippen LogP contribution is 2.42. The number of carbonyl (C=O) groups excluding carboxylic acids is 2. The van der Waals surface area contributed by atoms with Crippen molar-refractivity contribution in [1.82, 2.24) is 4.98 Å². The van der Waals surface area contributed by atoms with E-state index in [2.05, 4.69) is 6.92 Å². The predicted octanol–water partition coefficient (Wildman–Crippen LogP) is 6.89. The molecule has 188 valence electrons. The highest BCUT2D eigenvalue weighted by molar-refractivity contribution is 5.98. The van der Waals surface area contributed by atoms with Gasteiger partial charge < -0.3 is 5.73 Å². The van der Waals surface area contributed by atoms with E-state index in [0.717, 1.165) is 58.2 Å². The van der Waals surface area contributed by atoms with Crippen LogP contribution in [0.5, 0.6) is 0 Å². The first-order valence-corrected chi connectivity index (χ1v) is 12.8. The summed E-state index contributed by atoms with van der Waals surface area (Å²) in [6, 6.07) is 1.37. The van der Waals surface area contributed by atoms with Crippen LogP contribution in [-0.2, 0) is 22.4 Å². The van der Waals surface area contributed by atoms with Gasteiger partial charge in [-0.1, -0.05) is 26.8 Å². The number of halogens is 1. The fraction of sp³-hybridized carbons (Fsp3) is 0.500. The third-order valence-electron chi connectivity index (χ3n) is 8.09. The number of hydrogen-bond acceptors (Lipinski definition) is 4. The number of pyridine rings is 1. The van der Waals surface area contributed by atoms with Crippen LogP contribution in [0.15, 0.2) is 23.3 Å². The van der Waals surface area contributed by atoms with Crippen LogP contribution in [0.3, 0.4) is 0 Å². The Hall–Kier alpha value is -2.66. The molecule has 4 nitrogen and oxygen atoms in total. The first-order chi connectivity index (χ1) is 16.4. The Bertz CT molecular complexity index is 1270. The van der Waals surface area contributed by atoms with Crippen molar-refractivity contribution >= 4 is 28.0 Å². The van der Waals surface area contributed by atoms with E-state index in [9.17, 15) is 14.0 Å². The van der Waals surface area contributed by atoms with Crippen molar-refractivity contribution in [3.05, 3.63) is 57.1 Å². The number of aryl methyl sites for hydroxylation is 1. The Kier molecular flexibility index (Phi) is 7.80. The molecular formula is C30H39FN2O2. The van der Waals surface area contributed by atoms with Gasteiger partial charge in [0.25, 0.3) is 0 Å². The summed E-state index contributed by atoms with van der Waals surface area (Å²) >= 11 is 0. The van der Waals surface area contributed by atoms with Crippen molar-refractivity contribution in [1.29, 1.82) is 0 Å². The van der Waals surface area contributed by atoms with Gasteiger partial charge in [-0.25, -0.2) is 9.37 Å². The summed E-state index contributed by atoms with van der Waals surface area (Å²) in [6.07, 6.45) is 5.31. The molecule has 0 radical (unpaired) electrons. The van der Waals surface area contributed by atoms with Crippen molar-refractivity contribution in [3.8, 4) is 0 Å². The van der Waals surface area contributed by atoms with Crippen LogP contribution in [0.4, 0.5) is 4.39 Å². The molecule has 5 heteroatoms. The van der Waals surface area contributed by atoms with E-state index in [4.69, 9.17) is 10.7 Å². The van der Waals surface area contributed by atoms with Crippen molar-refractivity contribution in [3.63, 3.8) is 0 Å². The summed E-state index contributed by atoms with van der Waals surface area (Å²) in [7, 11) is 0. The lowest BCUT2D eigenvalue weighted by molar-refractivity contribution is -0.123. The lowest BCUT2D eigenvalue weighted by Gasteiger charge is -2.30. The minimum Gasteiger partial charge on any atom is -0.324 e. The maximum Gasteiger partial charge on any atom is 0.156 e. The largest absolute Gasteiger partial charge is 0.324 e. The number of aromatic nitrogens is 1. The van der Waals surface area contributed by atoms with Gasteiger partial charge in [-0.2, -0.15) is 0 Å². The number of benzene rings is 1. The minimum atomic E-state index is -0.789. The Morgan fingerprint density at radius 1 is 1.23 bits per heavy atom. The van der Waals surface area contributed by atoms with Crippen molar-refractivity contribution < 1.29 is 14.0 Å². The molecule has 0 aliphatic heterocycles. The third-order valence-corrected chi connectivity index (χ3v) is 8.09. The first-order valence-electron chi connectivity index (χ1n) is 12.8. The monoisotopic (exact) mass is 478 g/mol. The molecule has 2 aromatic rings. The molecule has 3 rings (SSSR count).